The minimum atomic E-state index is -0.810. The summed E-state index contributed by atoms with van der Waals surface area (Å²) in [5, 5.41) is 8.27. The number of fused-ring (bicyclic) bond motifs is 1. The summed E-state index contributed by atoms with van der Waals surface area (Å²) in [4.78, 5) is 26.3. The maximum atomic E-state index is 12.4. The first-order chi connectivity index (χ1) is 8.25. The Balaban J connectivity index is 2.62. The molecule has 2 aliphatic rings. The number of nitrogens with zero attached hydrogens (tertiary/aromatic N) is 2. The van der Waals surface area contributed by atoms with Crippen LogP contribution in [0.1, 0.15) is 20.3 Å². The molecule has 0 aromatic rings. The first-order valence-electron chi connectivity index (χ1n) is 5.97. The molecule has 1 saturated heterocycles. The second kappa shape index (κ2) is 3.90. The molecular weight excluding hydrogens is 247 g/mol. The van der Waals surface area contributed by atoms with Gasteiger partial charge in [0.1, 0.15) is 6.07 Å². The van der Waals surface area contributed by atoms with Gasteiger partial charge in [-0.3, -0.25) is 9.59 Å². The maximum absolute atomic E-state index is 12.4. The van der Waals surface area contributed by atoms with E-state index in [9.17, 15) is 9.59 Å². The van der Waals surface area contributed by atoms with Gasteiger partial charge < -0.3 is 4.90 Å². The van der Waals surface area contributed by atoms with Gasteiger partial charge in [-0.2, -0.15) is 5.26 Å². The molecule has 0 spiro atoms. The van der Waals surface area contributed by atoms with Crippen LogP contribution in [0.3, 0.4) is 0 Å². The third-order valence-electron chi connectivity index (χ3n) is 4.25. The number of allylic oxidation sites excluding steroid dienone is 1. The Morgan fingerprint density at radius 1 is 1.50 bits per heavy atom. The van der Waals surface area contributed by atoms with E-state index in [1.807, 2.05) is 19.9 Å². The quantitative estimate of drug-likeness (QED) is 0.616. The van der Waals surface area contributed by atoms with Crippen LogP contribution in [0.25, 0.3) is 0 Å². The van der Waals surface area contributed by atoms with Gasteiger partial charge in [-0.25, -0.2) is 0 Å². The molecule has 18 heavy (non-hydrogen) atoms. The van der Waals surface area contributed by atoms with Crippen molar-refractivity contribution in [3.8, 4) is 6.07 Å². The molecule has 1 unspecified atom stereocenters. The van der Waals surface area contributed by atoms with E-state index in [2.05, 4.69) is 9.24 Å². The highest BCUT2D eigenvalue weighted by molar-refractivity contribution is 7.21. The molecule has 3 atom stereocenters. The fraction of sp³-hybridized carbons (Fsp3) is 0.615. The monoisotopic (exact) mass is 264 g/mol. The minimum Gasteiger partial charge on any atom is -0.345 e. The number of ketones is 1. The average Bonchev–Trinajstić information content (AvgIpc) is 2.31. The van der Waals surface area contributed by atoms with Crippen LogP contribution < -0.4 is 0 Å². The molecule has 1 heterocycles. The zero-order valence-electron chi connectivity index (χ0n) is 10.9. The van der Waals surface area contributed by atoms with Gasteiger partial charge in [0.15, 0.2) is 5.78 Å². The molecular formula is C13H17N2O2P. The summed E-state index contributed by atoms with van der Waals surface area (Å²) in [6, 6.07) is 1.93. The number of nitriles is 1. The van der Waals surface area contributed by atoms with E-state index in [1.165, 1.54) is 0 Å². The van der Waals surface area contributed by atoms with Gasteiger partial charge in [-0.05, 0) is 18.4 Å². The van der Waals surface area contributed by atoms with E-state index in [4.69, 9.17) is 5.26 Å². The smallest absolute Gasteiger partial charge is 0.236 e. The topological polar surface area (TPSA) is 61.2 Å². The normalized spacial score (nSPS) is 34.7. The number of piperidine rings is 1. The molecule has 2 rings (SSSR count). The maximum Gasteiger partial charge on any atom is 0.236 e. The molecule has 0 N–H and O–H groups in total. The van der Waals surface area contributed by atoms with Crippen molar-refractivity contribution in [1.82, 2.24) is 4.90 Å². The Hall–Kier alpha value is -1.20. The Labute approximate surface area is 109 Å². The number of amides is 1. The predicted molar refractivity (Wildman–Crippen MR) is 70.7 cm³/mol. The van der Waals surface area contributed by atoms with Crippen molar-refractivity contribution in [1.29, 1.82) is 5.26 Å². The molecule has 5 heteroatoms. The standard InChI is InChI=1S/C13H17N2O2P/c1-12(2)9-4-5-15(3)11(17)13(9,18)6-8(7-14)10(12)16/h6,9H,4-5,18H2,1-3H3/t9-,13+/m1/s1. The highest BCUT2D eigenvalue weighted by Crippen LogP contribution is 2.51. The Morgan fingerprint density at radius 2 is 2.11 bits per heavy atom. The Kier molecular flexibility index (Phi) is 2.87. The molecule has 0 bridgehead atoms. The van der Waals surface area contributed by atoms with Crippen LogP contribution in [0.4, 0.5) is 0 Å². The van der Waals surface area contributed by atoms with E-state index >= 15 is 0 Å². The number of Topliss-reactive ketones (excluding diaryl/α,β-unsaturated/α-hetero) is 1. The fourth-order valence-corrected chi connectivity index (χ4v) is 4.13. The van der Waals surface area contributed by atoms with Crippen molar-refractivity contribution in [3.05, 3.63) is 11.6 Å². The average molecular weight is 264 g/mol. The lowest BCUT2D eigenvalue weighted by atomic mass is 9.60. The third-order valence-corrected chi connectivity index (χ3v) is 5.07. The molecule has 1 amide bonds. The van der Waals surface area contributed by atoms with Gasteiger partial charge >= 0.3 is 0 Å². The molecule has 0 saturated carbocycles. The van der Waals surface area contributed by atoms with Crippen molar-refractivity contribution < 1.29 is 9.59 Å². The highest BCUT2D eigenvalue weighted by Gasteiger charge is 2.57. The van der Waals surface area contributed by atoms with Gasteiger partial charge in [0.2, 0.25) is 5.91 Å². The van der Waals surface area contributed by atoms with Crippen molar-refractivity contribution in [2.45, 2.75) is 25.4 Å². The highest BCUT2D eigenvalue weighted by atomic mass is 31.0. The molecule has 0 radical (unpaired) electrons. The summed E-state index contributed by atoms with van der Waals surface area (Å²) in [6.07, 6.45) is 2.33. The lowest BCUT2D eigenvalue weighted by Crippen LogP contribution is -2.60. The summed E-state index contributed by atoms with van der Waals surface area (Å²) >= 11 is 0. The van der Waals surface area contributed by atoms with E-state index in [0.29, 0.717) is 6.54 Å². The lowest BCUT2D eigenvalue weighted by Gasteiger charge is -2.50. The predicted octanol–water partition coefficient (Wildman–Crippen LogP) is 1.14. The van der Waals surface area contributed by atoms with Gasteiger partial charge in [0.05, 0.1) is 10.7 Å². The molecule has 96 valence electrons. The number of hydrogen-bond donors (Lipinski definition) is 0. The van der Waals surface area contributed by atoms with Crippen LogP contribution in [0.5, 0.6) is 0 Å². The van der Waals surface area contributed by atoms with Gasteiger partial charge in [-0.15, -0.1) is 9.24 Å². The van der Waals surface area contributed by atoms with Crippen molar-refractivity contribution in [2.24, 2.45) is 11.3 Å². The summed E-state index contributed by atoms with van der Waals surface area (Å²) in [6.45, 7) is 4.33. The van der Waals surface area contributed by atoms with Crippen LogP contribution in [-0.2, 0) is 9.59 Å². The van der Waals surface area contributed by atoms with Crippen LogP contribution in [0, 0.1) is 22.7 Å². The van der Waals surface area contributed by atoms with Gasteiger partial charge in [0, 0.05) is 19.0 Å². The zero-order chi connectivity index (χ0) is 13.7. The number of hydrogen-bond acceptors (Lipinski definition) is 3. The second-order valence-corrected chi connectivity index (χ2v) is 6.68. The summed E-state index contributed by atoms with van der Waals surface area (Å²) in [7, 11) is 4.34. The van der Waals surface area contributed by atoms with Gasteiger partial charge in [0.25, 0.3) is 0 Å². The molecule has 1 aliphatic heterocycles. The van der Waals surface area contributed by atoms with Crippen LogP contribution >= 0.6 is 9.24 Å². The summed E-state index contributed by atoms with van der Waals surface area (Å²) < 4.78 is 0. The molecule has 4 nitrogen and oxygen atoms in total. The largest absolute Gasteiger partial charge is 0.345 e. The number of carbonyl (C=O) groups excluding carboxylic acids is 2. The Bertz CT molecular complexity index is 504. The van der Waals surface area contributed by atoms with E-state index in [0.717, 1.165) is 6.42 Å². The van der Waals surface area contributed by atoms with E-state index in [-0.39, 0.29) is 23.2 Å². The van der Waals surface area contributed by atoms with Crippen LogP contribution in [-0.4, -0.2) is 35.3 Å². The van der Waals surface area contributed by atoms with E-state index in [1.54, 1.807) is 18.0 Å². The first-order valence-corrected chi connectivity index (χ1v) is 6.55. The zero-order valence-corrected chi connectivity index (χ0v) is 12.0. The first kappa shape index (κ1) is 13.2. The summed E-state index contributed by atoms with van der Waals surface area (Å²) in [5.74, 6) is -0.245. The Morgan fingerprint density at radius 3 is 2.67 bits per heavy atom. The minimum absolute atomic E-state index is 0.0305. The molecule has 0 aromatic heterocycles. The summed E-state index contributed by atoms with van der Waals surface area (Å²) in [5.41, 5.74) is -0.562. The second-order valence-electron chi connectivity index (χ2n) is 5.72. The fourth-order valence-electron chi connectivity index (χ4n) is 3.16. The number of rotatable bonds is 0. The van der Waals surface area contributed by atoms with Crippen LogP contribution in [0.15, 0.2) is 11.6 Å². The number of likely N-dealkylation sites (tertiary alicyclic amines) is 1. The molecule has 1 fully saturated rings. The molecule has 0 aromatic carbocycles. The molecule has 1 aliphatic carbocycles. The number of carbonyl (C=O) groups is 2. The van der Waals surface area contributed by atoms with Crippen molar-refractivity contribution in [3.63, 3.8) is 0 Å². The van der Waals surface area contributed by atoms with Gasteiger partial charge in [-0.1, -0.05) is 13.8 Å². The SMILES string of the molecule is CN1CC[C@@H]2C(C)(C)C(=O)C(C#N)=C[C@@]2(P)C1=O. The van der Waals surface area contributed by atoms with E-state index < -0.39 is 10.6 Å². The third kappa shape index (κ3) is 1.54. The lowest BCUT2D eigenvalue weighted by molar-refractivity contribution is -0.141. The van der Waals surface area contributed by atoms with Crippen molar-refractivity contribution >= 4 is 20.9 Å². The van der Waals surface area contributed by atoms with Crippen LogP contribution in [0.2, 0.25) is 0 Å². The van der Waals surface area contributed by atoms with Crippen molar-refractivity contribution in [2.75, 3.05) is 13.6 Å².